The third kappa shape index (κ3) is 4.62. The highest BCUT2D eigenvalue weighted by Crippen LogP contribution is 2.16. The Bertz CT molecular complexity index is 963. The quantitative estimate of drug-likeness (QED) is 0.776. The second kappa shape index (κ2) is 7.75. The molecule has 0 aliphatic carbocycles. The van der Waals surface area contributed by atoms with E-state index >= 15 is 0 Å². The lowest BCUT2D eigenvalue weighted by molar-refractivity contribution is -0.121. The smallest absolute Gasteiger partial charge is 0.256 e. The predicted octanol–water partition coefficient (Wildman–Crippen LogP) is 0.801. The highest BCUT2D eigenvalue weighted by Gasteiger charge is 2.25. The predicted molar refractivity (Wildman–Crippen MR) is 103 cm³/mol. The molecule has 0 saturated heterocycles. The fourth-order valence-electron chi connectivity index (χ4n) is 2.74. The van der Waals surface area contributed by atoms with Crippen LogP contribution in [0.4, 0.5) is 5.69 Å². The van der Waals surface area contributed by atoms with E-state index in [1.807, 2.05) is 31.2 Å². The molecule has 0 unspecified atom stereocenters. The maximum atomic E-state index is 12.3. The standard InChI is InChI=1S/C18H20N4O4S/c1-2-13-5-3-4-6-15(13)20-17(23)11-19-18(24)14-7-8-16-21-27(25,26)10-9-22(16)12-14/h3-8,12H,2,9-11H2,1H3,(H,19,24)(H,20,23). The molecule has 1 aromatic rings. The molecule has 2 heterocycles. The lowest BCUT2D eigenvalue weighted by Crippen LogP contribution is -2.39. The fraction of sp³-hybridized carbons (Fsp3) is 0.278. The van der Waals surface area contributed by atoms with Crippen molar-refractivity contribution in [1.29, 1.82) is 0 Å². The van der Waals surface area contributed by atoms with Gasteiger partial charge in [-0.25, -0.2) is 8.42 Å². The Balaban J connectivity index is 1.58. The van der Waals surface area contributed by atoms with Crippen molar-refractivity contribution in [2.24, 2.45) is 4.40 Å². The number of carbonyl (C=O) groups excluding carboxylic acids is 2. The number of anilines is 1. The van der Waals surface area contributed by atoms with Gasteiger partial charge in [-0.2, -0.15) is 0 Å². The van der Waals surface area contributed by atoms with Crippen LogP contribution in [0.5, 0.6) is 0 Å². The van der Waals surface area contributed by atoms with Crippen molar-refractivity contribution in [3.05, 3.63) is 53.8 Å². The van der Waals surface area contributed by atoms with E-state index in [0.29, 0.717) is 5.57 Å². The first-order valence-corrected chi connectivity index (χ1v) is 10.1. The lowest BCUT2D eigenvalue weighted by Gasteiger charge is -2.26. The van der Waals surface area contributed by atoms with Crippen molar-refractivity contribution in [3.8, 4) is 0 Å². The van der Waals surface area contributed by atoms with Crippen molar-refractivity contribution in [2.45, 2.75) is 13.3 Å². The third-order valence-corrected chi connectivity index (χ3v) is 5.33. The molecule has 0 bridgehead atoms. The van der Waals surface area contributed by atoms with Crippen LogP contribution in [0.25, 0.3) is 0 Å². The molecule has 3 rings (SSSR count). The van der Waals surface area contributed by atoms with Gasteiger partial charge in [-0.1, -0.05) is 25.1 Å². The van der Waals surface area contributed by atoms with E-state index in [2.05, 4.69) is 15.0 Å². The average molecular weight is 388 g/mol. The van der Waals surface area contributed by atoms with Crippen LogP contribution in [0.15, 0.2) is 52.6 Å². The van der Waals surface area contributed by atoms with E-state index in [-0.39, 0.29) is 30.6 Å². The molecule has 2 aliphatic rings. The normalized spacial score (nSPS) is 17.4. The molecular weight excluding hydrogens is 368 g/mol. The lowest BCUT2D eigenvalue weighted by atomic mass is 10.1. The van der Waals surface area contributed by atoms with Gasteiger partial charge in [0.2, 0.25) is 5.91 Å². The number of nitrogens with zero attached hydrogens (tertiary/aromatic N) is 2. The number of carbonyl (C=O) groups is 2. The second-order valence-corrected chi connectivity index (χ2v) is 7.84. The summed E-state index contributed by atoms with van der Waals surface area (Å²) >= 11 is 0. The van der Waals surface area contributed by atoms with Crippen LogP contribution in [0.1, 0.15) is 12.5 Å². The summed E-state index contributed by atoms with van der Waals surface area (Å²) in [5.41, 5.74) is 2.07. The summed E-state index contributed by atoms with van der Waals surface area (Å²) in [6.45, 7) is 2.06. The molecule has 9 heteroatoms. The summed E-state index contributed by atoms with van der Waals surface area (Å²) in [7, 11) is -3.44. The number of aryl methyl sites for hydroxylation is 1. The van der Waals surface area contributed by atoms with Gasteiger partial charge in [-0.15, -0.1) is 4.40 Å². The van der Waals surface area contributed by atoms with Crippen LogP contribution in [-0.2, 0) is 26.0 Å². The zero-order chi connectivity index (χ0) is 19.4. The summed E-state index contributed by atoms with van der Waals surface area (Å²) in [6.07, 6.45) is 5.28. The molecule has 0 aromatic heterocycles. The molecule has 8 nitrogen and oxygen atoms in total. The first-order chi connectivity index (χ1) is 12.9. The van der Waals surface area contributed by atoms with Crippen LogP contribution in [0.2, 0.25) is 0 Å². The van der Waals surface area contributed by atoms with Crippen molar-refractivity contribution >= 4 is 33.4 Å². The van der Waals surface area contributed by atoms with Crippen LogP contribution >= 0.6 is 0 Å². The van der Waals surface area contributed by atoms with Gasteiger partial charge in [0.1, 0.15) is 5.84 Å². The average Bonchev–Trinajstić information content (AvgIpc) is 2.65. The van der Waals surface area contributed by atoms with E-state index in [9.17, 15) is 18.0 Å². The van der Waals surface area contributed by atoms with Gasteiger partial charge in [0, 0.05) is 18.4 Å². The molecule has 0 atom stereocenters. The molecule has 1 aromatic carbocycles. The molecule has 0 saturated carbocycles. The van der Waals surface area contributed by atoms with Gasteiger partial charge in [0.15, 0.2) is 0 Å². The number of sulfonamides is 1. The molecular formula is C18H20N4O4S. The summed E-state index contributed by atoms with van der Waals surface area (Å²) in [5.74, 6) is -0.560. The van der Waals surface area contributed by atoms with E-state index in [4.69, 9.17) is 0 Å². The Hall–Kier alpha value is -2.94. The van der Waals surface area contributed by atoms with Gasteiger partial charge in [0.05, 0.1) is 17.9 Å². The monoisotopic (exact) mass is 388 g/mol. The van der Waals surface area contributed by atoms with Crippen molar-refractivity contribution in [2.75, 3.05) is 24.2 Å². The van der Waals surface area contributed by atoms with E-state index in [1.165, 1.54) is 18.4 Å². The molecule has 2 amide bonds. The van der Waals surface area contributed by atoms with E-state index in [0.717, 1.165) is 17.7 Å². The first kappa shape index (κ1) is 18.8. The van der Waals surface area contributed by atoms with Gasteiger partial charge in [-0.05, 0) is 30.2 Å². The zero-order valence-corrected chi connectivity index (χ0v) is 15.6. The maximum Gasteiger partial charge on any atom is 0.256 e. The molecule has 2 N–H and O–H groups in total. The molecule has 0 spiro atoms. The number of rotatable bonds is 5. The summed E-state index contributed by atoms with van der Waals surface area (Å²) < 4.78 is 26.7. The topological polar surface area (TPSA) is 108 Å². The Morgan fingerprint density at radius 2 is 2.00 bits per heavy atom. The second-order valence-electron chi connectivity index (χ2n) is 6.09. The minimum atomic E-state index is -3.44. The molecule has 0 fully saturated rings. The summed E-state index contributed by atoms with van der Waals surface area (Å²) in [5, 5.41) is 5.35. The maximum absolute atomic E-state index is 12.3. The Labute approximate surface area is 157 Å². The Kier molecular flexibility index (Phi) is 5.41. The molecule has 2 aliphatic heterocycles. The summed E-state index contributed by atoms with van der Waals surface area (Å²) in [4.78, 5) is 26.0. The van der Waals surface area contributed by atoms with Gasteiger partial charge in [0.25, 0.3) is 15.9 Å². The van der Waals surface area contributed by atoms with Crippen LogP contribution in [-0.4, -0.2) is 49.8 Å². The molecule has 27 heavy (non-hydrogen) atoms. The Morgan fingerprint density at radius 3 is 2.78 bits per heavy atom. The number of hydrogen-bond donors (Lipinski definition) is 2. The number of hydrogen-bond acceptors (Lipinski definition) is 5. The van der Waals surface area contributed by atoms with Crippen molar-refractivity contribution in [3.63, 3.8) is 0 Å². The van der Waals surface area contributed by atoms with Crippen LogP contribution in [0.3, 0.4) is 0 Å². The largest absolute Gasteiger partial charge is 0.343 e. The number of nitrogens with one attached hydrogen (secondary N) is 2. The minimum Gasteiger partial charge on any atom is -0.343 e. The minimum absolute atomic E-state index is 0.102. The Morgan fingerprint density at radius 1 is 1.22 bits per heavy atom. The van der Waals surface area contributed by atoms with Crippen molar-refractivity contribution in [1.82, 2.24) is 10.2 Å². The van der Waals surface area contributed by atoms with E-state index < -0.39 is 15.9 Å². The highest BCUT2D eigenvalue weighted by molar-refractivity contribution is 7.90. The van der Waals surface area contributed by atoms with Crippen molar-refractivity contribution < 1.29 is 18.0 Å². The fourth-order valence-corrected chi connectivity index (χ4v) is 3.71. The number of fused-ring (bicyclic) bond motifs is 1. The van der Waals surface area contributed by atoms with E-state index in [1.54, 1.807) is 4.90 Å². The number of amidine groups is 1. The van der Waals surface area contributed by atoms with Gasteiger partial charge in [-0.3, -0.25) is 9.59 Å². The SMILES string of the molecule is CCc1ccccc1NC(=O)CNC(=O)C1=CN2CCS(=O)(=O)N=C2C=C1. The van der Waals surface area contributed by atoms with Crippen LogP contribution in [0, 0.1) is 0 Å². The first-order valence-electron chi connectivity index (χ1n) is 8.53. The summed E-state index contributed by atoms with van der Waals surface area (Å²) in [6, 6.07) is 7.49. The van der Waals surface area contributed by atoms with Gasteiger partial charge >= 0.3 is 0 Å². The molecule has 142 valence electrons. The molecule has 0 radical (unpaired) electrons. The third-order valence-electron chi connectivity index (χ3n) is 4.17. The number of para-hydroxylation sites is 1. The highest BCUT2D eigenvalue weighted by atomic mass is 32.2. The zero-order valence-electron chi connectivity index (χ0n) is 14.8. The van der Waals surface area contributed by atoms with Crippen LogP contribution < -0.4 is 10.6 Å². The van der Waals surface area contributed by atoms with Gasteiger partial charge < -0.3 is 15.5 Å². The number of amides is 2. The number of benzene rings is 1.